The van der Waals surface area contributed by atoms with E-state index in [0.717, 1.165) is 16.7 Å². The highest BCUT2D eigenvalue weighted by atomic mass is 16.5. The summed E-state index contributed by atoms with van der Waals surface area (Å²) in [6.45, 7) is 3.75. The third kappa shape index (κ3) is 3.88. The van der Waals surface area contributed by atoms with Crippen LogP contribution in [0.15, 0.2) is 69.9 Å². The van der Waals surface area contributed by atoms with Crippen molar-refractivity contribution in [3.05, 3.63) is 78.1 Å². The first-order valence-electron chi connectivity index (χ1n) is 10.9. The molecule has 4 aromatic rings. The molecule has 170 valence electrons. The van der Waals surface area contributed by atoms with Crippen LogP contribution in [0.5, 0.6) is 5.75 Å². The van der Waals surface area contributed by atoms with Crippen molar-refractivity contribution in [2.75, 3.05) is 26.7 Å². The first-order valence-corrected chi connectivity index (χ1v) is 10.9. The molecule has 3 aromatic heterocycles. The molecule has 0 spiro atoms. The number of hydrogen-bond donors (Lipinski definition) is 0. The number of aromatic nitrogens is 1. The number of carbonyl (C=O) groups excluding carboxylic acids is 2. The fourth-order valence-electron chi connectivity index (χ4n) is 4.41. The second-order valence-corrected chi connectivity index (χ2v) is 8.22. The molecule has 1 saturated heterocycles. The van der Waals surface area contributed by atoms with Crippen LogP contribution in [0.3, 0.4) is 0 Å². The van der Waals surface area contributed by atoms with Crippen molar-refractivity contribution in [3.63, 3.8) is 0 Å². The standard InChI is InChI=1S/C25H25N3O5/c1-17-15-26(9-10-27(17)24(30)22-7-4-11-32-22)23(29)21-14-19-8-12-33-25(19)28(21)16-18-5-3-6-20(13-18)31-2/h3-8,11-14,17H,9-10,15-16H2,1-2H3. The van der Waals surface area contributed by atoms with Crippen LogP contribution < -0.4 is 4.74 Å². The first-order chi connectivity index (χ1) is 16.0. The molecule has 0 saturated carbocycles. The molecule has 1 unspecified atom stereocenters. The van der Waals surface area contributed by atoms with Gasteiger partial charge in [-0.1, -0.05) is 12.1 Å². The maximum atomic E-state index is 13.6. The van der Waals surface area contributed by atoms with E-state index in [-0.39, 0.29) is 17.9 Å². The number of nitrogens with zero attached hydrogens (tertiary/aromatic N) is 3. The minimum atomic E-state index is -0.154. The number of carbonyl (C=O) groups is 2. The molecule has 1 fully saturated rings. The summed E-state index contributed by atoms with van der Waals surface area (Å²) >= 11 is 0. The van der Waals surface area contributed by atoms with Gasteiger partial charge in [0, 0.05) is 31.1 Å². The second kappa shape index (κ2) is 8.54. The first kappa shape index (κ1) is 20.9. The Bertz CT molecular complexity index is 1290. The summed E-state index contributed by atoms with van der Waals surface area (Å²) in [5, 5.41) is 0.876. The van der Waals surface area contributed by atoms with Crippen molar-refractivity contribution in [1.82, 2.24) is 14.4 Å². The van der Waals surface area contributed by atoms with Crippen molar-refractivity contribution in [2.24, 2.45) is 0 Å². The summed E-state index contributed by atoms with van der Waals surface area (Å²) in [5.74, 6) is 0.836. The molecule has 5 rings (SSSR count). The van der Waals surface area contributed by atoms with Crippen molar-refractivity contribution >= 4 is 22.9 Å². The predicted molar refractivity (Wildman–Crippen MR) is 121 cm³/mol. The maximum absolute atomic E-state index is 13.6. The van der Waals surface area contributed by atoms with Gasteiger partial charge in [-0.25, -0.2) is 0 Å². The summed E-state index contributed by atoms with van der Waals surface area (Å²) in [6, 6.07) is 14.7. The quantitative estimate of drug-likeness (QED) is 0.464. The van der Waals surface area contributed by atoms with E-state index < -0.39 is 0 Å². The number of hydrogen-bond acceptors (Lipinski definition) is 5. The number of piperazine rings is 1. The van der Waals surface area contributed by atoms with E-state index in [4.69, 9.17) is 13.6 Å². The van der Waals surface area contributed by atoms with Crippen LogP contribution in [0.1, 0.15) is 33.5 Å². The molecule has 8 heteroatoms. The molecule has 0 radical (unpaired) electrons. The molecule has 0 N–H and O–H groups in total. The van der Waals surface area contributed by atoms with Gasteiger partial charge in [-0.2, -0.15) is 0 Å². The van der Waals surface area contributed by atoms with Crippen LogP contribution in [-0.2, 0) is 6.54 Å². The Morgan fingerprint density at radius 3 is 2.67 bits per heavy atom. The van der Waals surface area contributed by atoms with Gasteiger partial charge in [0.15, 0.2) is 5.76 Å². The molecule has 33 heavy (non-hydrogen) atoms. The minimum absolute atomic E-state index is 0.0822. The van der Waals surface area contributed by atoms with Crippen molar-refractivity contribution < 1.29 is 23.2 Å². The van der Waals surface area contributed by atoms with Crippen LogP contribution in [0.4, 0.5) is 0 Å². The van der Waals surface area contributed by atoms with Gasteiger partial charge < -0.3 is 27.9 Å². The predicted octanol–water partition coefficient (Wildman–Crippen LogP) is 3.87. The highest BCUT2D eigenvalue weighted by Crippen LogP contribution is 2.26. The largest absolute Gasteiger partial charge is 0.497 e. The summed E-state index contributed by atoms with van der Waals surface area (Å²) in [7, 11) is 1.63. The lowest BCUT2D eigenvalue weighted by molar-refractivity contribution is 0.0391. The van der Waals surface area contributed by atoms with Crippen LogP contribution in [0, 0.1) is 0 Å². The van der Waals surface area contributed by atoms with Gasteiger partial charge >= 0.3 is 0 Å². The number of benzene rings is 1. The highest BCUT2D eigenvalue weighted by Gasteiger charge is 2.33. The molecule has 0 aliphatic carbocycles. The third-order valence-electron chi connectivity index (χ3n) is 6.10. The number of furan rings is 2. The Labute approximate surface area is 190 Å². The van der Waals surface area contributed by atoms with Gasteiger partial charge in [-0.3, -0.25) is 9.59 Å². The average molecular weight is 447 g/mol. The Balaban J connectivity index is 1.38. The van der Waals surface area contributed by atoms with Gasteiger partial charge in [0.05, 0.1) is 26.2 Å². The summed E-state index contributed by atoms with van der Waals surface area (Å²) in [6.07, 6.45) is 3.12. The fraction of sp³-hybridized carbons (Fsp3) is 0.280. The highest BCUT2D eigenvalue weighted by molar-refractivity contribution is 5.98. The van der Waals surface area contributed by atoms with Gasteiger partial charge in [0.25, 0.3) is 11.8 Å². The topological polar surface area (TPSA) is 81.1 Å². The number of ether oxygens (including phenoxy) is 1. The van der Waals surface area contributed by atoms with Crippen LogP contribution >= 0.6 is 0 Å². The molecule has 8 nitrogen and oxygen atoms in total. The van der Waals surface area contributed by atoms with Crippen molar-refractivity contribution in [3.8, 4) is 5.75 Å². The normalized spacial score (nSPS) is 16.4. The van der Waals surface area contributed by atoms with E-state index in [1.54, 1.807) is 35.3 Å². The molecule has 1 aromatic carbocycles. The van der Waals surface area contributed by atoms with Crippen molar-refractivity contribution in [1.29, 1.82) is 0 Å². The van der Waals surface area contributed by atoms with Gasteiger partial charge in [-0.05, 0) is 48.9 Å². The molecule has 1 aliphatic rings. The Hall–Kier alpha value is -3.94. The van der Waals surface area contributed by atoms with E-state index in [1.165, 1.54) is 6.26 Å². The zero-order chi connectivity index (χ0) is 22.9. The van der Waals surface area contributed by atoms with E-state index in [9.17, 15) is 9.59 Å². The molecular formula is C25H25N3O5. The lowest BCUT2D eigenvalue weighted by Crippen LogP contribution is -2.55. The molecule has 1 aliphatic heterocycles. The number of fused-ring (bicyclic) bond motifs is 1. The smallest absolute Gasteiger partial charge is 0.289 e. The lowest BCUT2D eigenvalue weighted by Gasteiger charge is -2.39. The Morgan fingerprint density at radius 1 is 1.03 bits per heavy atom. The van der Waals surface area contributed by atoms with Crippen molar-refractivity contribution in [2.45, 2.75) is 19.5 Å². The van der Waals surface area contributed by atoms with Gasteiger partial charge in [-0.15, -0.1) is 0 Å². The monoisotopic (exact) mass is 447 g/mol. The Morgan fingerprint density at radius 2 is 1.91 bits per heavy atom. The number of rotatable bonds is 5. The van der Waals surface area contributed by atoms with Gasteiger partial charge in [0.2, 0.25) is 5.71 Å². The SMILES string of the molecule is COc1cccc(Cn2c(C(=O)N3CCN(C(=O)c4ccco4)C(C)C3)cc3ccoc32)c1. The molecule has 0 bridgehead atoms. The zero-order valence-electron chi connectivity index (χ0n) is 18.6. The van der Waals surface area contributed by atoms with E-state index in [2.05, 4.69) is 0 Å². The average Bonchev–Trinajstić information content (AvgIpc) is 3.58. The maximum Gasteiger partial charge on any atom is 0.289 e. The summed E-state index contributed by atoms with van der Waals surface area (Å²) < 4.78 is 18.2. The third-order valence-corrected chi connectivity index (χ3v) is 6.10. The molecule has 2 amide bonds. The summed E-state index contributed by atoms with van der Waals surface area (Å²) in [4.78, 5) is 29.8. The van der Waals surface area contributed by atoms with E-state index >= 15 is 0 Å². The molecule has 4 heterocycles. The zero-order valence-corrected chi connectivity index (χ0v) is 18.6. The molecular weight excluding hydrogens is 422 g/mol. The van der Waals surface area contributed by atoms with Gasteiger partial charge in [0.1, 0.15) is 11.4 Å². The number of methoxy groups -OCH3 is 1. The van der Waals surface area contributed by atoms with Crippen LogP contribution in [0.2, 0.25) is 0 Å². The number of amides is 2. The second-order valence-electron chi connectivity index (χ2n) is 8.22. The summed E-state index contributed by atoms with van der Waals surface area (Å²) in [5.41, 5.74) is 2.21. The van der Waals surface area contributed by atoms with E-state index in [1.807, 2.05) is 47.9 Å². The fourth-order valence-corrected chi connectivity index (χ4v) is 4.41. The Kier molecular flexibility index (Phi) is 5.42. The van der Waals surface area contributed by atoms with Crippen LogP contribution in [0.25, 0.3) is 11.1 Å². The van der Waals surface area contributed by atoms with Crippen LogP contribution in [-0.4, -0.2) is 59.0 Å². The molecule has 1 atom stereocenters. The van der Waals surface area contributed by atoms with E-state index in [0.29, 0.717) is 43.3 Å². The lowest BCUT2D eigenvalue weighted by atomic mass is 10.1. The minimum Gasteiger partial charge on any atom is -0.497 e.